The molecule has 1 unspecified atom stereocenters. The fourth-order valence-electron chi connectivity index (χ4n) is 2.27. The van der Waals surface area contributed by atoms with E-state index < -0.39 is 0 Å². The van der Waals surface area contributed by atoms with Gasteiger partial charge in [0.25, 0.3) is 0 Å². The van der Waals surface area contributed by atoms with Crippen LogP contribution < -0.4 is 5.32 Å². The van der Waals surface area contributed by atoms with Crippen LogP contribution in [0.15, 0.2) is 41.3 Å². The average molecular weight is 290 g/mol. The van der Waals surface area contributed by atoms with Crippen molar-refractivity contribution in [2.45, 2.75) is 18.9 Å². The van der Waals surface area contributed by atoms with Gasteiger partial charge in [0.05, 0.1) is 6.20 Å². The summed E-state index contributed by atoms with van der Waals surface area (Å²) in [5, 5.41) is 3.42. The molecule has 1 N–H and O–H groups in total. The van der Waals surface area contributed by atoms with Crippen LogP contribution in [0.1, 0.15) is 11.1 Å². The van der Waals surface area contributed by atoms with Gasteiger partial charge in [0.15, 0.2) is 0 Å². The number of benzene rings is 1. The number of nitrogens with one attached hydrogen (secondary N) is 1. The van der Waals surface area contributed by atoms with Gasteiger partial charge in [-0.25, -0.2) is 4.98 Å². The lowest BCUT2D eigenvalue weighted by Gasteiger charge is -2.11. The number of halogens is 1. The second-order valence-corrected chi connectivity index (χ2v) is 5.17. The zero-order chi connectivity index (χ0) is 11.7. The third-order valence-electron chi connectivity index (χ3n) is 3.02. The Labute approximate surface area is 108 Å². The Morgan fingerprint density at radius 1 is 1.18 bits per heavy atom. The molecule has 1 heterocycles. The largest absolute Gasteiger partial charge is 0.365 e. The molecule has 0 saturated heterocycles. The molecule has 1 aliphatic carbocycles. The summed E-state index contributed by atoms with van der Waals surface area (Å²) in [5.41, 5.74) is 2.84. The Hall–Kier alpha value is -1.42. The van der Waals surface area contributed by atoms with E-state index in [-0.39, 0.29) is 0 Å². The number of rotatable bonds is 2. The number of hydrogen-bond acceptors (Lipinski definition) is 3. The van der Waals surface area contributed by atoms with Crippen LogP contribution >= 0.6 is 15.9 Å². The van der Waals surface area contributed by atoms with Crippen molar-refractivity contribution in [3.05, 3.63) is 52.4 Å². The highest BCUT2D eigenvalue weighted by Gasteiger charge is 2.21. The van der Waals surface area contributed by atoms with E-state index in [1.807, 2.05) is 0 Å². The molecule has 4 heteroatoms. The SMILES string of the molecule is Brc1ccc2c(c1)CC(Nc1cnccn1)C2. The van der Waals surface area contributed by atoms with Gasteiger partial charge in [-0.15, -0.1) is 0 Å². The molecule has 3 nitrogen and oxygen atoms in total. The molecule has 0 amide bonds. The molecule has 0 bridgehead atoms. The Balaban J connectivity index is 1.74. The number of aromatic nitrogens is 2. The van der Waals surface area contributed by atoms with Crippen molar-refractivity contribution in [3.63, 3.8) is 0 Å². The molecule has 0 spiro atoms. The second kappa shape index (κ2) is 4.45. The standard InChI is InChI=1S/C13H12BrN3/c14-11-2-1-9-6-12(7-10(9)5-11)17-13-8-15-3-4-16-13/h1-5,8,12H,6-7H2,(H,16,17). The molecule has 1 aromatic heterocycles. The van der Waals surface area contributed by atoms with E-state index in [2.05, 4.69) is 49.4 Å². The van der Waals surface area contributed by atoms with Crippen LogP contribution in [-0.2, 0) is 12.8 Å². The van der Waals surface area contributed by atoms with Gasteiger partial charge in [-0.3, -0.25) is 4.98 Å². The first-order valence-electron chi connectivity index (χ1n) is 5.61. The summed E-state index contributed by atoms with van der Waals surface area (Å²) in [6, 6.07) is 6.92. The lowest BCUT2D eigenvalue weighted by atomic mass is 10.1. The highest BCUT2D eigenvalue weighted by Crippen LogP contribution is 2.26. The van der Waals surface area contributed by atoms with Crippen molar-refractivity contribution in [3.8, 4) is 0 Å². The molecule has 17 heavy (non-hydrogen) atoms. The molecule has 2 aromatic rings. The first kappa shape index (κ1) is 10.7. The lowest BCUT2D eigenvalue weighted by Crippen LogP contribution is -2.20. The normalized spacial score (nSPS) is 17.8. The van der Waals surface area contributed by atoms with Gasteiger partial charge in [0.2, 0.25) is 0 Å². The average Bonchev–Trinajstić information content (AvgIpc) is 2.71. The van der Waals surface area contributed by atoms with Gasteiger partial charge >= 0.3 is 0 Å². The summed E-state index contributed by atoms with van der Waals surface area (Å²) in [6.07, 6.45) is 7.26. The Kier molecular flexibility index (Phi) is 2.81. The molecule has 1 aromatic carbocycles. The van der Waals surface area contributed by atoms with Crippen molar-refractivity contribution in [1.82, 2.24) is 9.97 Å². The maximum absolute atomic E-state index is 4.24. The Morgan fingerprint density at radius 2 is 2.06 bits per heavy atom. The van der Waals surface area contributed by atoms with E-state index in [1.54, 1.807) is 18.6 Å². The first-order chi connectivity index (χ1) is 8.31. The second-order valence-electron chi connectivity index (χ2n) is 4.25. The van der Waals surface area contributed by atoms with Crippen LogP contribution in [0, 0.1) is 0 Å². The molecule has 0 fully saturated rings. The van der Waals surface area contributed by atoms with Gasteiger partial charge in [-0.2, -0.15) is 0 Å². The van der Waals surface area contributed by atoms with Crippen LogP contribution in [0.2, 0.25) is 0 Å². The molecule has 0 saturated carbocycles. The minimum absolute atomic E-state index is 0.427. The monoisotopic (exact) mass is 289 g/mol. The van der Waals surface area contributed by atoms with E-state index in [4.69, 9.17) is 0 Å². The molecule has 1 atom stereocenters. The fourth-order valence-corrected chi connectivity index (χ4v) is 2.68. The lowest BCUT2D eigenvalue weighted by molar-refractivity contribution is 0.767. The summed E-state index contributed by atoms with van der Waals surface area (Å²) >= 11 is 3.51. The van der Waals surface area contributed by atoms with E-state index in [0.717, 1.165) is 23.1 Å². The smallest absolute Gasteiger partial charge is 0.144 e. The van der Waals surface area contributed by atoms with E-state index in [0.29, 0.717) is 6.04 Å². The number of anilines is 1. The fraction of sp³-hybridized carbons (Fsp3) is 0.231. The summed E-state index contributed by atoms with van der Waals surface area (Å²) < 4.78 is 1.15. The van der Waals surface area contributed by atoms with Crippen LogP contribution in [0.25, 0.3) is 0 Å². The summed E-state index contributed by atoms with van der Waals surface area (Å²) in [4.78, 5) is 8.30. The van der Waals surface area contributed by atoms with E-state index >= 15 is 0 Å². The van der Waals surface area contributed by atoms with Gasteiger partial charge in [-0.05, 0) is 36.1 Å². The predicted octanol–water partition coefficient (Wildman–Crippen LogP) is 2.82. The summed E-state index contributed by atoms with van der Waals surface area (Å²) in [7, 11) is 0. The van der Waals surface area contributed by atoms with Gasteiger partial charge in [-0.1, -0.05) is 22.0 Å². The van der Waals surface area contributed by atoms with Crippen molar-refractivity contribution < 1.29 is 0 Å². The van der Waals surface area contributed by atoms with Crippen LogP contribution in [0.3, 0.4) is 0 Å². The zero-order valence-electron chi connectivity index (χ0n) is 9.23. The Bertz CT molecular complexity index is 527. The predicted molar refractivity (Wildman–Crippen MR) is 71.0 cm³/mol. The van der Waals surface area contributed by atoms with Crippen molar-refractivity contribution >= 4 is 21.7 Å². The third-order valence-corrected chi connectivity index (χ3v) is 3.51. The third kappa shape index (κ3) is 2.31. The number of fused-ring (bicyclic) bond motifs is 1. The highest BCUT2D eigenvalue weighted by molar-refractivity contribution is 9.10. The minimum atomic E-state index is 0.427. The van der Waals surface area contributed by atoms with Crippen LogP contribution in [0.4, 0.5) is 5.82 Å². The van der Waals surface area contributed by atoms with Crippen molar-refractivity contribution in [2.24, 2.45) is 0 Å². The van der Waals surface area contributed by atoms with Crippen LogP contribution in [0.5, 0.6) is 0 Å². The maximum Gasteiger partial charge on any atom is 0.144 e. The van der Waals surface area contributed by atoms with E-state index in [9.17, 15) is 0 Å². The van der Waals surface area contributed by atoms with E-state index in [1.165, 1.54) is 11.1 Å². The highest BCUT2D eigenvalue weighted by atomic mass is 79.9. The quantitative estimate of drug-likeness (QED) is 0.924. The molecule has 1 aliphatic rings. The van der Waals surface area contributed by atoms with Gasteiger partial charge in [0.1, 0.15) is 5.82 Å². The molecular formula is C13H12BrN3. The van der Waals surface area contributed by atoms with Gasteiger partial charge < -0.3 is 5.32 Å². The number of nitrogens with zero attached hydrogens (tertiary/aromatic N) is 2. The molecule has 0 aliphatic heterocycles. The maximum atomic E-state index is 4.24. The molecule has 86 valence electrons. The zero-order valence-corrected chi connectivity index (χ0v) is 10.8. The topological polar surface area (TPSA) is 37.8 Å². The minimum Gasteiger partial charge on any atom is -0.365 e. The molecular weight excluding hydrogens is 278 g/mol. The summed E-state index contributed by atoms with van der Waals surface area (Å²) in [6.45, 7) is 0. The summed E-state index contributed by atoms with van der Waals surface area (Å²) in [5.74, 6) is 0.851. The first-order valence-corrected chi connectivity index (χ1v) is 6.40. The molecule has 3 rings (SSSR count). The van der Waals surface area contributed by atoms with Gasteiger partial charge in [0, 0.05) is 22.9 Å². The molecule has 0 radical (unpaired) electrons. The van der Waals surface area contributed by atoms with Crippen molar-refractivity contribution in [2.75, 3.05) is 5.32 Å². The Morgan fingerprint density at radius 3 is 2.88 bits per heavy atom. The van der Waals surface area contributed by atoms with Crippen molar-refractivity contribution in [1.29, 1.82) is 0 Å². The number of hydrogen-bond donors (Lipinski definition) is 1. The van der Waals surface area contributed by atoms with Crippen LogP contribution in [-0.4, -0.2) is 16.0 Å².